The first-order valence-corrected chi connectivity index (χ1v) is 7.92. The van der Waals surface area contributed by atoms with E-state index in [9.17, 15) is 4.79 Å². The molecule has 1 aliphatic heterocycles. The van der Waals surface area contributed by atoms with Crippen LogP contribution < -0.4 is 5.32 Å². The lowest BCUT2D eigenvalue weighted by molar-refractivity contribution is -0.120. The quantitative estimate of drug-likeness (QED) is 0.920. The van der Waals surface area contributed by atoms with Gasteiger partial charge in [-0.1, -0.05) is 6.07 Å². The summed E-state index contributed by atoms with van der Waals surface area (Å²) in [5.74, 6) is 0.729. The molecule has 0 unspecified atom stereocenters. The lowest BCUT2D eigenvalue weighted by atomic mass is 10.2. The first kappa shape index (κ1) is 14.2. The maximum atomic E-state index is 11.9. The average molecular weight is 303 g/mol. The third-order valence-corrected chi connectivity index (χ3v) is 4.21. The summed E-state index contributed by atoms with van der Waals surface area (Å²) in [7, 11) is 0. The number of amides is 1. The Balaban J connectivity index is 1.55. The molecule has 0 aromatic carbocycles. The molecule has 1 N–H and O–H groups in total. The van der Waals surface area contributed by atoms with Crippen LogP contribution in [0.25, 0.3) is 0 Å². The van der Waals surface area contributed by atoms with Crippen molar-refractivity contribution in [1.29, 1.82) is 0 Å². The summed E-state index contributed by atoms with van der Waals surface area (Å²) in [4.78, 5) is 21.7. The molecule has 0 bridgehead atoms. The van der Waals surface area contributed by atoms with Crippen molar-refractivity contribution in [3.63, 3.8) is 0 Å². The van der Waals surface area contributed by atoms with Crippen LogP contribution in [-0.2, 0) is 22.5 Å². The van der Waals surface area contributed by atoms with Crippen molar-refractivity contribution in [1.82, 2.24) is 15.3 Å². The number of carbonyl (C=O) groups is 1. The van der Waals surface area contributed by atoms with E-state index in [4.69, 9.17) is 4.74 Å². The van der Waals surface area contributed by atoms with Gasteiger partial charge in [-0.05, 0) is 30.4 Å². The first-order chi connectivity index (χ1) is 10.3. The van der Waals surface area contributed by atoms with Gasteiger partial charge in [0.1, 0.15) is 6.10 Å². The van der Waals surface area contributed by atoms with Gasteiger partial charge in [0.15, 0.2) is 5.82 Å². The molecule has 6 heteroatoms. The van der Waals surface area contributed by atoms with E-state index < -0.39 is 0 Å². The maximum absolute atomic E-state index is 11.9. The van der Waals surface area contributed by atoms with Crippen molar-refractivity contribution in [2.75, 3.05) is 6.61 Å². The van der Waals surface area contributed by atoms with Crippen LogP contribution in [0.2, 0.25) is 0 Å². The third-order valence-electron chi connectivity index (χ3n) is 3.33. The van der Waals surface area contributed by atoms with Crippen molar-refractivity contribution in [2.45, 2.75) is 31.9 Å². The number of hydrogen-bond donors (Lipinski definition) is 1. The summed E-state index contributed by atoms with van der Waals surface area (Å²) < 4.78 is 5.58. The molecule has 2 aromatic rings. The zero-order chi connectivity index (χ0) is 14.5. The topological polar surface area (TPSA) is 64.1 Å². The highest BCUT2D eigenvalue weighted by atomic mass is 32.1. The standard InChI is InChI=1S/C15H17N3O2S/c19-14(9-12-3-2-8-21-12)17-10-11-5-6-16-15(18-11)13-4-1-7-20-13/h2-3,5-6,8,13H,1,4,7,9-10H2,(H,17,19)/t13-/m1/s1. The minimum absolute atomic E-state index is 0.00627. The number of nitrogens with one attached hydrogen (secondary N) is 1. The highest BCUT2D eigenvalue weighted by Gasteiger charge is 2.20. The van der Waals surface area contributed by atoms with Gasteiger partial charge in [0, 0.05) is 17.7 Å². The summed E-state index contributed by atoms with van der Waals surface area (Å²) in [6.45, 7) is 1.20. The Morgan fingerprint density at radius 2 is 2.43 bits per heavy atom. The van der Waals surface area contributed by atoms with Gasteiger partial charge in [-0.3, -0.25) is 4.79 Å². The van der Waals surface area contributed by atoms with E-state index in [0.717, 1.165) is 35.8 Å². The predicted octanol–water partition coefficient (Wildman–Crippen LogP) is 2.25. The lowest BCUT2D eigenvalue weighted by Crippen LogP contribution is -2.25. The Kier molecular flexibility index (Phi) is 4.57. The van der Waals surface area contributed by atoms with Gasteiger partial charge in [-0.25, -0.2) is 9.97 Å². The van der Waals surface area contributed by atoms with Crippen molar-refractivity contribution < 1.29 is 9.53 Å². The summed E-state index contributed by atoms with van der Waals surface area (Å²) in [6.07, 6.45) is 4.17. The van der Waals surface area contributed by atoms with Gasteiger partial charge in [-0.2, -0.15) is 0 Å². The van der Waals surface area contributed by atoms with Gasteiger partial charge in [-0.15, -0.1) is 11.3 Å². The van der Waals surface area contributed by atoms with Crippen LogP contribution in [0.5, 0.6) is 0 Å². The fourth-order valence-electron chi connectivity index (χ4n) is 2.27. The second-order valence-corrected chi connectivity index (χ2v) is 5.97. The number of carbonyl (C=O) groups excluding carboxylic acids is 1. The Morgan fingerprint density at radius 3 is 3.19 bits per heavy atom. The molecule has 1 fully saturated rings. The van der Waals surface area contributed by atoms with E-state index in [0.29, 0.717) is 13.0 Å². The van der Waals surface area contributed by atoms with E-state index in [1.54, 1.807) is 17.5 Å². The van der Waals surface area contributed by atoms with Crippen LogP contribution in [0.3, 0.4) is 0 Å². The SMILES string of the molecule is O=C(Cc1cccs1)NCc1ccnc([C@H]2CCCO2)n1. The Morgan fingerprint density at radius 1 is 1.48 bits per heavy atom. The van der Waals surface area contributed by atoms with E-state index in [1.807, 2.05) is 23.6 Å². The maximum Gasteiger partial charge on any atom is 0.225 e. The van der Waals surface area contributed by atoms with Crippen molar-refractivity contribution >= 4 is 17.2 Å². The van der Waals surface area contributed by atoms with Crippen LogP contribution in [0.15, 0.2) is 29.8 Å². The summed E-state index contributed by atoms with van der Waals surface area (Å²) in [5.41, 5.74) is 0.815. The molecule has 0 aliphatic carbocycles. The largest absolute Gasteiger partial charge is 0.370 e. The molecule has 5 nitrogen and oxygen atoms in total. The van der Waals surface area contributed by atoms with Gasteiger partial charge in [0.25, 0.3) is 0 Å². The van der Waals surface area contributed by atoms with Gasteiger partial charge in [0.2, 0.25) is 5.91 Å². The molecule has 0 radical (unpaired) electrons. The van der Waals surface area contributed by atoms with Crippen molar-refractivity contribution in [2.24, 2.45) is 0 Å². The fourth-order valence-corrected chi connectivity index (χ4v) is 2.97. The van der Waals surface area contributed by atoms with Gasteiger partial charge in [0.05, 0.1) is 18.7 Å². The molecule has 0 saturated carbocycles. The molecule has 3 heterocycles. The molecule has 1 aliphatic rings. The summed E-state index contributed by atoms with van der Waals surface area (Å²) >= 11 is 1.59. The second kappa shape index (κ2) is 6.78. The smallest absolute Gasteiger partial charge is 0.225 e. The third kappa shape index (κ3) is 3.86. The van der Waals surface area contributed by atoms with Gasteiger partial charge < -0.3 is 10.1 Å². The molecule has 21 heavy (non-hydrogen) atoms. The number of thiophene rings is 1. The molecule has 1 atom stereocenters. The van der Waals surface area contributed by atoms with E-state index in [2.05, 4.69) is 15.3 Å². The zero-order valence-electron chi connectivity index (χ0n) is 11.6. The van der Waals surface area contributed by atoms with Crippen LogP contribution in [0.4, 0.5) is 0 Å². The molecule has 110 valence electrons. The van der Waals surface area contributed by atoms with Crippen molar-refractivity contribution in [3.05, 3.63) is 46.2 Å². The van der Waals surface area contributed by atoms with E-state index >= 15 is 0 Å². The highest BCUT2D eigenvalue weighted by Crippen LogP contribution is 2.25. The number of nitrogens with zero attached hydrogens (tertiary/aromatic N) is 2. The van der Waals surface area contributed by atoms with Gasteiger partial charge >= 0.3 is 0 Å². The predicted molar refractivity (Wildman–Crippen MR) is 79.8 cm³/mol. The Bertz CT molecular complexity index is 595. The molecule has 2 aromatic heterocycles. The molecule has 3 rings (SSSR count). The fraction of sp³-hybridized carbons (Fsp3) is 0.400. The molecule has 1 amide bonds. The van der Waals surface area contributed by atoms with Crippen LogP contribution in [0, 0.1) is 0 Å². The molecular weight excluding hydrogens is 286 g/mol. The van der Waals surface area contributed by atoms with Crippen LogP contribution in [-0.4, -0.2) is 22.5 Å². The van der Waals surface area contributed by atoms with Crippen molar-refractivity contribution in [3.8, 4) is 0 Å². The molecular formula is C15H17N3O2S. The van der Waals surface area contributed by atoms with E-state index in [-0.39, 0.29) is 12.0 Å². The molecule has 1 saturated heterocycles. The second-order valence-electron chi connectivity index (χ2n) is 4.94. The number of aromatic nitrogens is 2. The Hall–Kier alpha value is -1.79. The minimum atomic E-state index is 0.00627. The Labute approximate surface area is 127 Å². The summed E-state index contributed by atoms with van der Waals surface area (Å²) in [5, 5.41) is 4.86. The summed E-state index contributed by atoms with van der Waals surface area (Å²) in [6, 6.07) is 5.74. The first-order valence-electron chi connectivity index (χ1n) is 7.04. The lowest BCUT2D eigenvalue weighted by Gasteiger charge is -2.09. The van der Waals surface area contributed by atoms with Crippen LogP contribution >= 0.6 is 11.3 Å². The molecule has 0 spiro atoms. The number of rotatable bonds is 5. The van der Waals surface area contributed by atoms with Crippen LogP contribution in [0.1, 0.15) is 35.3 Å². The normalized spacial score (nSPS) is 17.8. The average Bonchev–Trinajstić information content (AvgIpc) is 3.19. The highest BCUT2D eigenvalue weighted by molar-refractivity contribution is 7.10. The number of hydrogen-bond acceptors (Lipinski definition) is 5. The monoisotopic (exact) mass is 303 g/mol. The minimum Gasteiger partial charge on any atom is -0.370 e. The number of ether oxygens (including phenoxy) is 1. The van der Waals surface area contributed by atoms with E-state index in [1.165, 1.54) is 0 Å². The zero-order valence-corrected chi connectivity index (χ0v) is 12.4.